The van der Waals surface area contributed by atoms with Gasteiger partial charge < -0.3 is 16.4 Å². The van der Waals surface area contributed by atoms with Crippen molar-refractivity contribution in [3.8, 4) is 0 Å². The summed E-state index contributed by atoms with van der Waals surface area (Å²) in [6, 6.07) is 12.1. The largest absolute Gasteiger partial charge is 0.330 e. The highest BCUT2D eigenvalue weighted by Gasteiger charge is 2.11. The predicted molar refractivity (Wildman–Crippen MR) is 92.9 cm³/mol. The van der Waals surface area contributed by atoms with Crippen LogP contribution in [0.2, 0.25) is 5.02 Å². The first-order valence-corrected chi connectivity index (χ1v) is 7.55. The third-order valence-corrected chi connectivity index (χ3v) is 3.59. The molecule has 6 heteroatoms. The molecular weight excluding hydrogens is 314 g/mol. The molecule has 0 aromatic heterocycles. The van der Waals surface area contributed by atoms with Crippen LogP contribution < -0.4 is 16.4 Å². The molecule has 2 aromatic rings. The van der Waals surface area contributed by atoms with Gasteiger partial charge in [0.25, 0.3) is 5.91 Å². The molecule has 0 saturated heterocycles. The Morgan fingerprint density at radius 1 is 1.13 bits per heavy atom. The first-order valence-electron chi connectivity index (χ1n) is 7.17. The minimum atomic E-state index is -0.307. The number of amides is 2. The van der Waals surface area contributed by atoms with Gasteiger partial charge in [-0.1, -0.05) is 29.8 Å². The van der Waals surface area contributed by atoms with Crippen LogP contribution in [0.1, 0.15) is 22.3 Å². The summed E-state index contributed by atoms with van der Waals surface area (Å²) in [6.07, 6.45) is 0.246. The Kier molecular flexibility index (Phi) is 5.73. The number of halogens is 1. The van der Waals surface area contributed by atoms with Crippen LogP contribution in [0.25, 0.3) is 0 Å². The van der Waals surface area contributed by atoms with E-state index in [1.165, 1.54) is 0 Å². The summed E-state index contributed by atoms with van der Waals surface area (Å²) < 4.78 is 0. The van der Waals surface area contributed by atoms with Gasteiger partial charge in [-0.25, -0.2) is 0 Å². The van der Waals surface area contributed by atoms with Crippen molar-refractivity contribution in [2.24, 2.45) is 5.73 Å². The highest BCUT2D eigenvalue weighted by Crippen LogP contribution is 2.22. The van der Waals surface area contributed by atoms with Gasteiger partial charge in [-0.15, -0.1) is 0 Å². The molecule has 2 aromatic carbocycles. The van der Waals surface area contributed by atoms with Gasteiger partial charge in [0.05, 0.1) is 10.6 Å². The maximum atomic E-state index is 12.3. The Morgan fingerprint density at radius 2 is 1.87 bits per heavy atom. The Hall–Kier alpha value is -2.37. The topological polar surface area (TPSA) is 84.2 Å². The highest BCUT2D eigenvalue weighted by molar-refractivity contribution is 6.34. The molecule has 0 atom stereocenters. The van der Waals surface area contributed by atoms with Crippen molar-refractivity contribution in [1.29, 1.82) is 0 Å². The lowest BCUT2D eigenvalue weighted by Gasteiger charge is -2.12. The normalized spacial score (nSPS) is 10.2. The summed E-state index contributed by atoms with van der Waals surface area (Å²) in [5.41, 5.74) is 7.86. The molecule has 0 fully saturated rings. The molecule has 0 saturated carbocycles. The van der Waals surface area contributed by atoms with Crippen molar-refractivity contribution in [3.63, 3.8) is 0 Å². The van der Waals surface area contributed by atoms with Crippen molar-refractivity contribution in [1.82, 2.24) is 0 Å². The maximum Gasteiger partial charge on any atom is 0.257 e. The number of aryl methyl sites for hydroxylation is 1. The molecule has 0 unspecified atom stereocenters. The smallest absolute Gasteiger partial charge is 0.257 e. The molecule has 0 aliphatic carbocycles. The molecule has 0 bridgehead atoms. The second-order valence-electron chi connectivity index (χ2n) is 5.05. The zero-order valence-electron chi connectivity index (χ0n) is 12.7. The van der Waals surface area contributed by atoms with Gasteiger partial charge in [0.15, 0.2) is 0 Å². The minimum Gasteiger partial charge on any atom is -0.330 e. The average Bonchev–Trinajstić information content (AvgIpc) is 2.51. The number of rotatable bonds is 5. The molecule has 0 spiro atoms. The number of benzene rings is 2. The molecule has 120 valence electrons. The first-order chi connectivity index (χ1) is 11.0. The van der Waals surface area contributed by atoms with Gasteiger partial charge >= 0.3 is 0 Å². The van der Waals surface area contributed by atoms with Crippen molar-refractivity contribution in [3.05, 3.63) is 58.6 Å². The number of nitrogens with one attached hydrogen (secondary N) is 2. The molecule has 4 N–H and O–H groups in total. The van der Waals surface area contributed by atoms with E-state index in [1.54, 1.807) is 36.4 Å². The molecule has 0 radical (unpaired) electrons. The Morgan fingerprint density at radius 3 is 2.57 bits per heavy atom. The molecule has 0 aliphatic rings. The fraction of sp³-hybridized carbons (Fsp3) is 0.176. The predicted octanol–water partition coefficient (Wildman–Crippen LogP) is 3.19. The number of hydrogen-bond acceptors (Lipinski definition) is 3. The Labute approximate surface area is 139 Å². The molecule has 0 aliphatic heterocycles. The van der Waals surface area contributed by atoms with Crippen LogP contribution in [0, 0.1) is 6.92 Å². The van der Waals surface area contributed by atoms with Gasteiger partial charge in [-0.3, -0.25) is 9.59 Å². The van der Waals surface area contributed by atoms with E-state index < -0.39 is 0 Å². The number of carbonyl (C=O) groups is 2. The highest BCUT2D eigenvalue weighted by atomic mass is 35.5. The number of hydrogen-bond donors (Lipinski definition) is 3. The van der Waals surface area contributed by atoms with Crippen molar-refractivity contribution in [2.75, 3.05) is 17.2 Å². The van der Waals surface area contributed by atoms with Crippen LogP contribution >= 0.6 is 11.6 Å². The Bertz CT molecular complexity index is 732. The average molecular weight is 332 g/mol. The van der Waals surface area contributed by atoms with Gasteiger partial charge in [0.2, 0.25) is 5.91 Å². The van der Waals surface area contributed by atoms with Crippen molar-refractivity contribution >= 4 is 34.8 Å². The fourth-order valence-corrected chi connectivity index (χ4v) is 2.24. The number of nitrogens with two attached hydrogens (primary N) is 1. The van der Waals surface area contributed by atoms with Crippen LogP contribution in [0.3, 0.4) is 0 Å². The van der Waals surface area contributed by atoms with Crippen LogP contribution in [0.4, 0.5) is 11.4 Å². The first kappa shape index (κ1) is 17.0. The van der Waals surface area contributed by atoms with E-state index in [0.29, 0.717) is 22.0 Å². The summed E-state index contributed by atoms with van der Waals surface area (Å²) in [6.45, 7) is 2.16. The van der Waals surface area contributed by atoms with Crippen LogP contribution in [0.5, 0.6) is 0 Å². The third-order valence-electron chi connectivity index (χ3n) is 3.26. The minimum absolute atomic E-state index is 0.162. The van der Waals surface area contributed by atoms with E-state index in [-0.39, 0.29) is 24.8 Å². The second kappa shape index (κ2) is 7.76. The monoisotopic (exact) mass is 331 g/mol. The molecule has 5 nitrogen and oxygen atoms in total. The van der Waals surface area contributed by atoms with Crippen molar-refractivity contribution in [2.45, 2.75) is 13.3 Å². The lowest BCUT2D eigenvalue weighted by atomic mass is 10.1. The van der Waals surface area contributed by atoms with Gasteiger partial charge in [-0.2, -0.15) is 0 Å². The van der Waals surface area contributed by atoms with E-state index in [0.717, 1.165) is 5.56 Å². The lowest BCUT2D eigenvalue weighted by Crippen LogP contribution is -2.17. The van der Waals surface area contributed by atoms with E-state index in [1.807, 2.05) is 13.0 Å². The standard InChI is InChI=1S/C17H18ClN3O2/c1-11-6-7-12(10-15(11)21-16(22)8-9-19)20-17(23)13-4-2-3-5-14(13)18/h2-7,10H,8-9,19H2,1H3,(H,20,23)(H,21,22). The summed E-state index contributed by atoms with van der Waals surface area (Å²) in [4.78, 5) is 23.9. The molecule has 2 amide bonds. The van der Waals surface area contributed by atoms with E-state index in [9.17, 15) is 9.59 Å². The fourth-order valence-electron chi connectivity index (χ4n) is 2.02. The van der Waals surface area contributed by atoms with Crippen LogP contribution in [-0.4, -0.2) is 18.4 Å². The lowest BCUT2D eigenvalue weighted by molar-refractivity contribution is -0.116. The van der Waals surface area contributed by atoms with Gasteiger partial charge in [0, 0.05) is 24.3 Å². The van der Waals surface area contributed by atoms with E-state index in [2.05, 4.69) is 10.6 Å². The zero-order valence-corrected chi connectivity index (χ0v) is 13.5. The summed E-state index contributed by atoms with van der Waals surface area (Å²) in [5, 5.41) is 5.94. The molecule has 0 heterocycles. The molecular formula is C17H18ClN3O2. The second-order valence-corrected chi connectivity index (χ2v) is 5.46. The van der Waals surface area contributed by atoms with E-state index in [4.69, 9.17) is 17.3 Å². The third kappa shape index (κ3) is 4.55. The maximum absolute atomic E-state index is 12.3. The Balaban J connectivity index is 2.16. The number of anilines is 2. The quantitative estimate of drug-likeness (QED) is 0.786. The van der Waals surface area contributed by atoms with Crippen LogP contribution in [0.15, 0.2) is 42.5 Å². The molecule has 2 rings (SSSR count). The van der Waals surface area contributed by atoms with Crippen LogP contribution in [-0.2, 0) is 4.79 Å². The SMILES string of the molecule is Cc1ccc(NC(=O)c2ccccc2Cl)cc1NC(=O)CCN. The van der Waals surface area contributed by atoms with Gasteiger partial charge in [-0.05, 0) is 36.8 Å². The summed E-state index contributed by atoms with van der Waals surface area (Å²) in [7, 11) is 0. The van der Waals surface area contributed by atoms with E-state index >= 15 is 0 Å². The molecule has 23 heavy (non-hydrogen) atoms. The summed E-state index contributed by atoms with van der Waals surface area (Å²) >= 11 is 6.02. The number of carbonyl (C=O) groups excluding carboxylic acids is 2. The summed E-state index contributed by atoms with van der Waals surface area (Å²) in [5.74, 6) is -0.469. The van der Waals surface area contributed by atoms with Gasteiger partial charge in [0.1, 0.15) is 0 Å². The zero-order chi connectivity index (χ0) is 16.8. The van der Waals surface area contributed by atoms with Crippen molar-refractivity contribution < 1.29 is 9.59 Å².